The largest absolute Gasteiger partial charge is 0.300 e. The Labute approximate surface area is 113 Å². The first-order chi connectivity index (χ1) is 9.19. The molecule has 0 radical (unpaired) electrons. The highest BCUT2D eigenvalue weighted by Gasteiger charge is 2.41. The van der Waals surface area contributed by atoms with Gasteiger partial charge in [0, 0.05) is 18.3 Å². The van der Waals surface area contributed by atoms with E-state index in [9.17, 15) is 4.39 Å². The van der Waals surface area contributed by atoms with Crippen LogP contribution in [-0.2, 0) is 0 Å². The molecule has 3 atom stereocenters. The lowest BCUT2D eigenvalue weighted by molar-refractivity contribution is 0.112. The number of hydrazine groups is 1. The van der Waals surface area contributed by atoms with Crippen molar-refractivity contribution in [3.8, 4) is 0 Å². The van der Waals surface area contributed by atoms with Gasteiger partial charge in [0.15, 0.2) is 0 Å². The van der Waals surface area contributed by atoms with Crippen LogP contribution in [0, 0.1) is 11.7 Å². The Balaban J connectivity index is 1.80. The smallest absolute Gasteiger partial charge is 0.141 e. The molecule has 3 rings (SSSR count). The van der Waals surface area contributed by atoms with Crippen molar-refractivity contribution < 1.29 is 4.39 Å². The standard InChI is InChI=1S/C14H21FN4/c1-19-12-2-3-13(19)6-9(5-12)14(18-16)10-4-11(15)8-17-7-10/h4,7-9,12-14,18H,2-3,5-6,16H2,1H3. The monoisotopic (exact) mass is 264 g/mol. The molecule has 3 unspecified atom stereocenters. The molecule has 2 bridgehead atoms. The summed E-state index contributed by atoms with van der Waals surface area (Å²) in [6.45, 7) is 0. The van der Waals surface area contributed by atoms with Gasteiger partial charge in [0.2, 0.25) is 0 Å². The number of rotatable bonds is 3. The third-order valence-corrected chi connectivity index (χ3v) is 4.87. The zero-order valence-corrected chi connectivity index (χ0v) is 11.2. The van der Waals surface area contributed by atoms with Crippen LogP contribution in [0.5, 0.6) is 0 Å². The molecule has 4 nitrogen and oxygen atoms in total. The molecule has 5 heteroatoms. The van der Waals surface area contributed by atoms with Crippen LogP contribution in [-0.4, -0.2) is 29.0 Å². The molecular weight excluding hydrogens is 243 g/mol. The topological polar surface area (TPSA) is 54.2 Å². The van der Waals surface area contributed by atoms with E-state index in [1.165, 1.54) is 25.1 Å². The van der Waals surface area contributed by atoms with Gasteiger partial charge < -0.3 is 4.90 Å². The van der Waals surface area contributed by atoms with Gasteiger partial charge in [0.05, 0.1) is 12.2 Å². The normalized spacial score (nSPS) is 32.5. The van der Waals surface area contributed by atoms with Gasteiger partial charge in [-0.1, -0.05) is 0 Å². The third-order valence-electron chi connectivity index (χ3n) is 4.87. The van der Waals surface area contributed by atoms with E-state index in [0.717, 1.165) is 18.4 Å². The second-order valence-corrected chi connectivity index (χ2v) is 5.86. The number of nitrogens with two attached hydrogens (primary N) is 1. The van der Waals surface area contributed by atoms with Crippen molar-refractivity contribution in [3.63, 3.8) is 0 Å². The first-order valence-electron chi connectivity index (χ1n) is 6.97. The predicted molar refractivity (Wildman–Crippen MR) is 71.6 cm³/mol. The van der Waals surface area contributed by atoms with Gasteiger partial charge in [-0.15, -0.1) is 0 Å². The number of aromatic nitrogens is 1. The van der Waals surface area contributed by atoms with Crippen LogP contribution in [0.2, 0.25) is 0 Å². The summed E-state index contributed by atoms with van der Waals surface area (Å²) in [5.41, 5.74) is 3.73. The number of piperidine rings is 1. The SMILES string of the molecule is CN1C2CCC1CC(C(NN)c1cncc(F)c1)C2. The minimum atomic E-state index is -0.298. The van der Waals surface area contributed by atoms with Gasteiger partial charge in [-0.05, 0) is 50.3 Å². The molecule has 104 valence electrons. The van der Waals surface area contributed by atoms with E-state index in [1.807, 2.05) is 0 Å². The quantitative estimate of drug-likeness (QED) is 0.643. The number of pyridine rings is 1. The Morgan fingerprint density at radius 3 is 2.63 bits per heavy atom. The van der Waals surface area contributed by atoms with E-state index in [4.69, 9.17) is 5.84 Å². The molecule has 2 fully saturated rings. The van der Waals surface area contributed by atoms with Gasteiger partial charge in [0.1, 0.15) is 5.82 Å². The first kappa shape index (κ1) is 13.0. The van der Waals surface area contributed by atoms with Gasteiger partial charge in [0.25, 0.3) is 0 Å². The fourth-order valence-corrected chi connectivity index (χ4v) is 3.83. The first-order valence-corrected chi connectivity index (χ1v) is 6.97. The van der Waals surface area contributed by atoms with Crippen molar-refractivity contribution in [3.05, 3.63) is 29.8 Å². The molecular formula is C14H21FN4. The molecule has 0 saturated carbocycles. The molecule has 2 saturated heterocycles. The molecule has 2 aliphatic rings. The van der Waals surface area contributed by atoms with Gasteiger partial charge in [-0.25, -0.2) is 4.39 Å². The van der Waals surface area contributed by atoms with E-state index < -0.39 is 0 Å². The Hall–Kier alpha value is -1.04. The van der Waals surface area contributed by atoms with Crippen molar-refractivity contribution in [2.75, 3.05) is 7.05 Å². The second-order valence-electron chi connectivity index (χ2n) is 5.86. The predicted octanol–water partition coefficient (Wildman–Crippen LogP) is 1.60. The molecule has 2 aliphatic heterocycles. The highest BCUT2D eigenvalue weighted by atomic mass is 19.1. The van der Waals surface area contributed by atoms with E-state index in [2.05, 4.69) is 22.4 Å². The lowest BCUT2D eigenvalue weighted by Crippen LogP contribution is -2.45. The Bertz CT molecular complexity index is 439. The summed E-state index contributed by atoms with van der Waals surface area (Å²) in [5.74, 6) is 5.88. The van der Waals surface area contributed by atoms with Gasteiger partial charge in [-0.2, -0.15) is 0 Å². The Kier molecular flexibility index (Phi) is 3.52. The van der Waals surface area contributed by atoms with Gasteiger partial charge in [-0.3, -0.25) is 16.3 Å². The van der Waals surface area contributed by atoms with Crippen LogP contribution in [0.3, 0.4) is 0 Å². The van der Waals surface area contributed by atoms with E-state index >= 15 is 0 Å². The number of nitrogens with one attached hydrogen (secondary N) is 1. The minimum Gasteiger partial charge on any atom is -0.300 e. The number of fused-ring (bicyclic) bond motifs is 2. The summed E-state index contributed by atoms with van der Waals surface area (Å²) in [6, 6.07) is 2.85. The summed E-state index contributed by atoms with van der Waals surface area (Å²) in [5, 5.41) is 0. The molecule has 19 heavy (non-hydrogen) atoms. The van der Waals surface area contributed by atoms with E-state index in [-0.39, 0.29) is 11.9 Å². The fraction of sp³-hybridized carbons (Fsp3) is 0.643. The molecule has 3 N–H and O–H groups in total. The number of halogens is 1. The maximum absolute atomic E-state index is 13.3. The molecule has 1 aromatic rings. The highest BCUT2D eigenvalue weighted by Crippen LogP contribution is 2.42. The maximum Gasteiger partial charge on any atom is 0.141 e. The minimum absolute atomic E-state index is 0.000000000000000222. The van der Waals surface area contributed by atoms with Crippen molar-refractivity contribution in [1.82, 2.24) is 15.3 Å². The van der Waals surface area contributed by atoms with E-state index in [0.29, 0.717) is 18.0 Å². The fourth-order valence-electron chi connectivity index (χ4n) is 3.83. The molecule has 0 aromatic carbocycles. The van der Waals surface area contributed by atoms with E-state index in [1.54, 1.807) is 6.20 Å². The Morgan fingerprint density at radius 2 is 2.05 bits per heavy atom. The molecule has 3 heterocycles. The van der Waals surface area contributed by atoms with Crippen LogP contribution in [0.4, 0.5) is 4.39 Å². The summed E-state index contributed by atoms with van der Waals surface area (Å²) in [4.78, 5) is 6.43. The van der Waals surface area contributed by atoms with Crippen LogP contribution < -0.4 is 11.3 Å². The van der Waals surface area contributed by atoms with Crippen LogP contribution in [0.25, 0.3) is 0 Å². The van der Waals surface area contributed by atoms with Crippen LogP contribution in [0.15, 0.2) is 18.5 Å². The average Bonchev–Trinajstić information content (AvgIpc) is 2.63. The number of hydrogen-bond acceptors (Lipinski definition) is 4. The summed E-state index contributed by atoms with van der Waals surface area (Å²) in [6.07, 6.45) is 7.74. The van der Waals surface area contributed by atoms with Crippen molar-refractivity contribution in [1.29, 1.82) is 0 Å². The van der Waals surface area contributed by atoms with Crippen molar-refractivity contribution in [2.24, 2.45) is 11.8 Å². The summed E-state index contributed by atoms with van der Waals surface area (Å²) < 4.78 is 13.3. The lowest BCUT2D eigenvalue weighted by atomic mass is 9.83. The van der Waals surface area contributed by atoms with Gasteiger partial charge >= 0.3 is 0 Å². The highest BCUT2D eigenvalue weighted by molar-refractivity contribution is 5.17. The number of nitrogens with zero attached hydrogens (tertiary/aromatic N) is 2. The third kappa shape index (κ3) is 2.38. The average molecular weight is 264 g/mol. The molecule has 0 amide bonds. The van der Waals surface area contributed by atoms with Crippen LogP contribution in [0.1, 0.15) is 37.3 Å². The number of hydrogen-bond donors (Lipinski definition) is 2. The second kappa shape index (κ2) is 5.15. The van der Waals surface area contributed by atoms with Crippen molar-refractivity contribution in [2.45, 2.75) is 43.8 Å². The zero-order valence-electron chi connectivity index (χ0n) is 11.2. The Morgan fingerprint density at radius 1 is 1.37 bits per heavy atom. The molecule has 0 aliphatic carbocycles. The maximum atomic E-state index is 13.3. The molecule has 0 spiro atoms. The van der Waals surface area contributed by atoms with Crippen LogP contribution >= 0.6 is 0 Å². The van der Waals surface area contributed by atoms with Crippen molar-refractivity contribution >= 4 is 0 Å². The lowest BCUT2D eigenvalue weighted by Gasteiger charge is -2.39. The summed E-state index contributed by atoms with van der Waals surface area (Å²) in [7, 11) is 2.22. The zero-order chi connectivity index (χ0) is 13.4. The summed E-state index contributed by atoms with van der Waals surface area (Å²) >= 11 is 0. The molecule has 1 aromatic heterocycles.